The molecule has 1 aliphatic carbocycles. The van der Waals surface area contributed by atoms with Crippen LogP contribution in [-0.2, 0) is 5.60 Å². The topological polar surface area (TPSA) is 73.9 Å². The van der Waals surface area contributed by atoms with E-state index in [0.717, 1.165) is 18.4 Å². The SMILES string of the molecule is FC(F)c1nnc(-c2cnc(OC3(c4ccccc4Cl)CC3)nc2)o1. The third-order valence-corrected chi connectivity index (χ3v) is 4.19. The van der Waals surface area contributed by atoms with Gasteiger partial charge in [-0.2, -0.15) is 8.78 Å². The molecule has 0 atom stereocenters. The van der Waals surface area contributed by atoms with Gasteiger partial charge in [0.05, 0.1) is 5.56 Å². The van der Waals surface area contributed by atoms with Gasteiger partial charge in [-0.1, -0.05) is 29.8 Å². The molecule has 0 bridgehead atoms. The number of ether oxygens (including phenoxy) is 1. The zero-order chi connectivity index (χ0) is 17.4. The van der Waals surface area contributed by atoms with Gasteiger partial charge < -0.3 is 9.15 Å². The van der Waals surface area contributed by atoms with Gasteiger partial charge in [0.15, 0.2) is 0 Å². The fourth-order valence-corrected chi connectivity index (χ4v) is 2.77. The molecular weight excluding hydrogens is 354 g/mol. The highest BCUT2D eigenvalue weighted by Gasteiger charge is 2.49. The Labute approximate surface area is 145 Å². The number of nitrogens with zero attached hydrogens (tertiary/aromatic N) is 4. The first-order chi connectivity index (χ1) is 12.1. The molecule has 1 saturated carbocycles. The highest BCUT2D eigenvalue weighted by Crippen LogP contribution is 2.50. The lowest BCUT2D eigenvalue weighted by atomic mass is 10.1. The molecule has 0 amide bonds. The predicted molar refractivity (Wildman–Crippen MR) is 83.3 cm³/mol. The normalized spacial score (nSPS) is 15.4. The Kier molecular flexibility index (Phi) is 3.84. The molecule has 1 fully saturated rings. The van der Waals surface area contributed by atoms with Crippen molar-refractivity contribution in [3.63, 3.8) is 0 Å². The average Bonchev–Trinajstić information content (AvgIpc) is 3.20. The third-order valence-electron chi connectivity index (χ3n) is 3.86. The Morgan fingerprint density at radius 3 is 2.44 bits per heavy atom. The van der Waals surface area contributed by atoms with E-state index in [4.69, 9.17) is 20.8 Å². The number of hydrogen-bond donors (Lipinski definition) is 0. The van der Waals surface area contributed by atoms with Crippen LogP contribution in [-0.4, -0.2) is 20.2 Å². The summed E-state index contributed by atoms with van der Waals surface area (Å²) < 4.78 is 35.8. The van der Waals surface area contributed by atoms with Crippen LogP contribution < -0.4 is 4.74 Å². The standard InChI is InChI=1S/C16H11ClF2N4O2/c17-11-4-2-1-3-10(11)16(5-6-16)25-15-20-7-9(8-21-15)13-22-23-14(24-13)12(18)19/h1-4,7-8,12H,5-6H2. The Bertz CT molecular complexity index is 897. The smallest absolute Gasteiger partial charge is 0.317 e. The van der Waals surface area contributed by atoms with Crippen molar-refractivity contribution in [1.29, 1.82) is 0 Å². The minimum Gasteiger partial charge on any atom is -0.452 e. The van der Waals surface area contributed by atoms with Gasteiger partial charge in [-0.25, -0.2) is 9.97 Å². The molecule has 0 unspecified atom stereocenters. The second-order valence-corrected chi connectivity index (χ2v) is 5.98. The van der Waals surface area contributed by atoms with Crippen molar-refractivity contribution >= 4 is 11.6 Å². The predicted octanol–water partition coefficient (Wildman–Crippen LogP) is 4.19. The Morgan fingerprint density at radius 1 is 1.12 bits per heavy atom. The van der Waals surface area contributed by atoms with Crippen molar-refractivity contribution in [2.75, 3.05) is 0 Å². The lowest BCUT2D eigenvalue weighted by molar-refractivity contribution is 0.116. The summed E-state index contributed by atoms with van der Waals surface area (Å²) in [5.74, 6) is -0.819. The third kappa shape index (κ3) is 3.05. The van der Waals surface area contributed by atoms with E-state index >= 15 is 0 Å². The van der Waals surface area contributed by atoms with Gasteiger partial charge >= 0.3 is 12.4 Å². The number of rotatable bonds is 5. The molecular formula is C16H11ClF2N4O2. The monoisotopic (exact) mass is 364 g/mol. The molecule has 0 spiro atoms. The van der Waals surface area contributed by atoms with Gasteiger partial charge in [-0.15, -0.1) is 10.2 Å². The largest absolute Gasteiger partial charge is 0.452 e. The summed E-state index contributed by atoms with van der Waals surface area (Å²) in [4.78, 5) is 8.20. The molecule has 3 aromatic rings. The fraction of sp³-hybridized carbons (Fsp3) is 0.250. The summed E-state index contributed by atoms with van der Waals surface area (Å²) in [5.41, 5.74) is 0.699. The van der Waals surface area contributed by atoms with E-state index in [-0.39, 0.29) is 11.9 Å². The van der Waals surface area contributed by atoms with Crippen LogP contribution >= 0.6 is 11.6 Å². The summed E-state index contributed by atoms with van der Waals surface area (Å²) in [6, 6.07) is 7.62. The van der Waals surface area contributed by atoms with Gasteiger partial charge in [0, 0.05) is 23.0 Å². The number of alkyl halides is 2. The van der Waals surface area contributed by atoms with E-state index in [2.05, 4.69) is 20.2 Å². The average molecular weight is 365 g/mol. The number of benzene rings is 1. The second-order valence-electron chi connectivity index (χ2n) is 5.58. The first kappa shape index (κ1) is 15.9. The van der Waals surface area contributed by atoms with Crippen molar-refractivity contribution in [2.45, 2.75) is 24.9 Å². The molecule has 2 heterocycles. The van der Waals surface area contributed by atoms with Crippen LogP contribution in [0, 0.1) is 0 Å². The molecule has 0 N–H and O–H groups in total. The molecule has 6 nitrogen and oxygen atoms in total. The number of aromatic nitrogens is 4. The Balaban J connectivity index is 1.54. The molecule has 0 aliphatic heterocycles. The first-order valence-corrected chi connectivity index (χ1v) is 7.83. The zero-order valence-electron chi connectivity index (χ0n) is 12.7. The summed E-state index contributed by atoms with van der Waals surface area (Å²) in [6.45, 7) is 0. The van der Waals surface area contributed by atoms with Crippen molar-refractivity contribution in [3.05, 3.63) is 53.1 Å². The molecule has 25 heavy (non-hydrogen) atoms. The van der Waals surface area contributed by atoms with Crippen LogP contribution in [0.15, 0.2) is 41.1 Å². The van der Waals surface area contributed by atoms with Gasteiger partial charge in [0.25, 0.3) is 11.8 Å². The minimum atomic E-state index is -2.82. The van der Waals surface area contributed by atoms with Crippen molar-refractivity contribution in [3.8, 4) is 17.5 Å². The maximum atomic E-state index is 12.5. The maximum absolute atomic E-state index is 12.5. The van der Waals surface area contributed by atoms with E-state index in [1.807, 2.05) is 18.2 Å². The van der Waals surface area contributed by atoms with E-state index in [0.29, 0.717) is 10.6 Å². The van der Waals surface area contributed by atoms with E-state index < -0.39 is 17.9 Å². The molecule has 0 saturated heterocycles. The second kappa shape index (κ2) is 6.03. The van der Waals surface area contributed by atoms with Gasteiger partial charge in [-0.3, -0.25) is 0 Å². The highest BCUT2D eigenvalue weighted by molar-refractivity contribution is 6.31. The number of halogens is 3. The molecule has 0 radical (unpaired) electrons. The van der Waals surface area contributed by atoms with E-state index in [1.165, 1.54) is 12.4 Å². The minimum absolute atomic E-state index is 0.0749. The summed E-state index contributed by atoms with van der Waals surface area (Å²) in [7, 11) is 0. The van der Waals surface area contributed by atoms with E-state index in [1.54, 1.807) is 6.07 Å². The fourth-order valence-electron chi connectivity index (χ4n) is 2.46. The molecule has 9 heteroatoms. The quantitative estimate of drug-likeness (QED) is 0.676. The van der Waals surface area contributed by atoms with Crippen LogP contribution in [0.4, 0.5) is 8.78 Å². The van der Waals surface area contributed by atoms with Crippen LogP contribution in [0.25, 0.3) is 11.5 Å². The van der Waals surface area contributed by atoms with Crippen molar-refractivity contribution in [2.24, 2.45) is 0 Å². The van der Waals surface area contributed by atoms with Crippen LogP contribution in [0.2, 0.25) is 5.02 Å². The van der Waals surface area contributed by atoms with Gasteiger partial charge in [0.2, 0.25) is 0 Å². The van der Waals surface area contributed by atoms with Gasteiger partial charge in [-0.05, 0) is 18.9 Å². The van der Waals surface area contributed by atoms with Crippen LogP contribution in [0.3, 0.4) is 0 Å². The maximum Gasteiger partial charge on any atom is 0.317 e. The molecule has 2 aromatic heterocycles. The molecule has 4 rings (SSSR count). The molecule has 1 aromatic carbocycles. The van der Waals surface area contributed by atoms with Gasteiger partial charge in [0.1, 0.15) is 5.60 Å². The van der Waals surface area contributed by atoms with E-state index in [9.17, 15) is 8.78 Å². The lowest BCUT2D eigenvalue weighted by Gasteiger charge is -2.18. The van der Waals surface area contributed by atoms with Crippen LogP contribution in [0.1, 0.15) is 30.7 Å². The summed E-state index contributed by atoms with van der Waals surface area (Å²) in [5, 5.41) is 7.44. The Morgan fingerprint density at radius 2 is 1.84 bits per heavy atom. The van der Waals surface area contributed by atoms with Crippen molar-refractivity contribution < 1.29 is 17.9 Å². The molecule has 1 aliphatic rings. The zero-order valence-corrected chi connectivity index (χ0v) is 13.5. The summed E-state index contributed by atoms with van der Waals surface area (Å²) >= 11 is 6.24. The molecule has 128 valence electrons. The highest BCUT2D eigenvalue weighted by atomic mass is 35.5. The lowest BCUT2D eigenvalue weighted by Crippen LogP contribution is -2.17. The summed E-state index contributed by atoms with van der Waals surface area (Å²) in [6.07, 6.45) is 1.56. The van der Waals surface area contributed by atoms with Crippen molar-refractivity contribution in [1.82, 2.24) is 20.2 Å². The Hall–Kier alpha value is -2.61. The first-order valence-electron chi connectivity index (χ1n) is 7.45. The van der Waals surface area contributed by atoms with Crippen LogP contribution in [0.5, 0.6) is 6.01 Å². The number of hydrogen-bond acceptors (Lipinski definition) is 6.